The van der Waals surface area contributed by atoms with E-state index < -0.39 is 90.1 Å². The van der Waals surface area contributed by atoms with E-state index in [9.17, 15) is 38.7 Å². The minimum atomic E-state index is -1.50. The highest BCUT2D eigenvalue weighted by Gasteiger charge is 2.34. The number of nitrogens with one attached hydrogen (secondary N) is 5. The van der Waals surface area contributed by atoms with Gasteiger partial charge in [-0.3, -0.25) is 28.8 Å². The molecule has 0 saturated heterocycles. The van der Waals surface area contributed by atoms with Gasteiger partial charge in [0.2, 0.25) is 29.5 Å². The maximum Gasteiger partial charge on any atom is 0.326 e. The third kappa shape index (κ3) is 19.9. The van der Waals surface area contributed by atoms with Crippen LogP contribution in [0.3, 0.4) is 0 Å². The Morgan fingerprint density at radius 2 is 1.12 bits per heavy atom. The molecule has 0 fully saturated rings. The number of amides is 5. The summed E-state index contributed by atoms with van der Waals surface area (Å²) in [6, 6.07) is -6.75. The molecule has 0 aliphatic heterocycles. The van der Waals surface area contributed by atoms with Crippen molar-refractivity contribution >= 4 is 53.2 Å². The Morgan fingerprint density at radius 1 is 0.635 bits per heavy atom. The van der Waals surface area contributed by atoms with Crippen LogP contribution >= 0.6 is 11.8 Å². The summed E-state index contributed by atoms with van der Waals surface area (Å²) in [4.78, 5) is 90.0. The summed E-state index contributed by atoms with van der Waals surface area (Å²) in [6.45, 7) is 7.92. The van der Waals surface area contributed by atoms with Crippen molar-refractivity contribution in [2.24, 2.45) is 29.0 Å². The van der Waals surface area contributed by atoms with Crippen molar-refractivity contribution in [3.8, 4) is 0 Å². The Hall–Kier alpha value is -3.48. The fourth-order valence-electron chi connectivity index (χ4n) is 5.17. The molecule has 0 unspecified atom stereocenters. The van der Waals surface area contributed by atoms with Gasteiger partial charge in [0.15, 0.2) is 0 Å². The van der Waals surface area contributed by atoms with Gasteiger partial charge in [-0.25, -0.2) is 4.79 Å². The van der Waals surface area contributed by atoms with E-state index >= 15 is 0 Å². The van der Waals surface area contributed by atoms with Crippen molar-refractivity contribution in [3.05, 3.63) is 0 Å². The number of hydrogen-bond donors (Lipinski definition) is 10. The molecule has 5 amide bonds. The minimum absolute atomic E-state index is 0.0113. The zero-order chi connectivity index (χ0) is 39.8. The summed E-state index contributed by atoms with van der Waals surface area (Å²) < 4.78 is 0. The number of thioether (sulfide) groups is 1. The highest BCUT2D eigenvalue weighted by Crippen LogP contribution is 2.13. The molecule has 0 aromatic heterocycles. The summed E-state index contributed by atoms with van der Waals surface area (Å²) in [5.74, 6) is -5.69. The number of carbonyl (C=O) groups excluding carboxylic acids is 5. The molecular formula is C34H64N8O9S. The predicted octanol–water partition coefficient (Wildman–Crippen LogP) is -0.210. The Bertz CT molecular complexity index is 1150. The molecule has 0 aliphatic carbocycles. The second-order valence-electron chi connectivity index (χ2n) is 13.5. The SMILES string of the molecule is CC[C@H](C)[C@H](NC(=O)[C@H](CCCCN)NC(=O)[C@H](CCCCN)NC(=O)[C@H](CC(C)C)NC(=O)[C@@H](N)CCSC)C(=O)N[C@@H](CCC(=O)O)C(=O)O. The second kappa shape index (κ2) is 27.2. The lowest BCUT2D eigenvalue weighted by Crippen LogP contribution is -2.60. The second-order valence-corrected chi connectivity index (χ2v) is 14.5. The van der Waals surface area contributed by atoms with E-state index in [-0.39, 0.29) is 31.6 Å². The molecule has 18 heteroatoms. The number of carboxylic acid groups (broad SMARTS) is 2. The molecule has 7 atom stereocenters. The first-order valence-electron chi connectivity index (χ1n) is 18.1. The van der Waals surface area contributed by atoms with Crippen LogP contribution in [0.25, 0.3) is 0 Å². The van der Waals surface area contributed by atoms with E-state index in [4.69, 9.17) is 22.3 Å². The lowest BCUT2D eigenvalue weighted by Gasteiger charge is -2.29. The average Bonchev–Trinajstić information content (AvgIpc) is 3.08. The minimum Gasteiger partial charge on any atom is -0.481 e. The summed E-state index contributed by atoms with van der Waals surface area (Å²) in [7, 11) is 0. The van der Waals surface area contributed by atoms with Crippen molar-refractivity contribution in [1.29, 1.82) is 0 Å². The van der Waals surface area contributed by atoms with Crippen LogP contribution in [-0.4, -0.2) is 113 Å². The molecule has 0 aromatic carbocycles. The molecule has 0 heterocycles. The number of carbonyl (C=O) groups is 7. The fourth-order valence-corrected chi connectivity index (χ4v) is 5.66. The molecular weight excluding hydrogens is 696 g/mol. The average molecular weight is 761 g/mol. The Balaban J connectivity index is 6.24. The molecule has 0 radical (unpaired) electrons. The largest absolute Gasteiger partial charge is 0.481 e. The van der Waals surface area contributed by atoms with Gasteiger partial charge in [-0.05, 0) is 94.7 Å². The summed E-state index contributed by atoms with van der Waals surface area (Å²) >= 11 is 1.54. The van der Waals surface area contributed by atoms with Crippen LogP contribution in [-0.2, 0) is 33.6 Å². The van der Waals surface area contributed by atoms with E-state index in [1.165, 1.54) is 0 Å². The van der Waals surface area contributed by atoms with Crippen molar-refractivity contribution < 1.29 is 43.8 Å². The number of unbranched alkanes of at least 4 members (excludes halogenated alkanes) is 2. The van der Waals surface area contributed by atoms with E-state index in [2.05, 4.69) is 26.6 Å². The third-order valence-electron chi connectivity index (χ3n) is 8.52. The maximum absolute atomic E-state index is 13.8. The standard InChI is InChI=1S/C34H64N8O9S/c1-6-21(4)28(33(49)40-25(34(50)51)13-14-27(43)44)42-31(47)24(12-8-10-17-36)38-30(46)23(11-7-9-16-35)39-32(48)26(19-20(2)3)41-29(45)22(37)15-18-52-5/h20-26,28H,6-19,35-37H2,1-5H3,(H,38,46)(H,39,48)(H,40,49)(H,41,45)(H,42,47)(H,43,44)(H,50,51)/t21-,22-,23-,24-,25-,26-,28-/m0/s1. The van der Waals surface area contributed by atoms with Crippen LogP contribution in [0, 0.1) is 11.8 Å². The Kier molecular flexibility index (Phi) is 25.4. The van der Waals surface area contributed by atoms with Gasteiger partial charge in [-0.1, -0.05) is 34.1 Å². The summed E-state index contributed by atoms with van der Waals surface area (Å²) in [6.07, 6.45) is 4.50. The Labute approximate surface area is 311 Å². The zero-order valence-corrected chi connectivity index (χ0v) is 32.2. The smallest absolute Gasteiger partial charge is 0.326 e. The van der Waals surface area contributed by atoms with Crippen LogP contribution < -0.4 is 43.8 Å². The number of hydrogen-bond acceptors (Lipinski definition) is 11. The van der Waals surface area contributed by atoms with Gasteiger partial charge in [0.1, 0.15) is 30.2 Å². The zero-order valence-electron chi connectivity index (χ0n) is 31.4. The number of carboxylic acids is 2. The fraction of sp³-hybridized carbons (Fsp3) is 0.794. The van der Waals surface area contributed by atoms with Crippen LogP contribution in [0.15, 0.2) is 0 Å². The van der Waals surface area contributed by atoms with Crippen molar-refractivity contribution in [1.82, 2.24) is 26.6 Å². The molecule has 0 aromatic rings. The van der Waals surface area contributed by atoms with Gasteiger partial charge in [0.25, 0.3) is 0 Å². The van der Waals surface area contributed by atoms with E-state index in [0.29, 0.717) is 57.4 Å². The molecule has 0 rings (SSSR count). The number of nitrogens with two attached hydrogens (primary N) is 3. The topological polar surface area (TPSA) is 298 Å². The van der Waals surface area contributed by atoms with Crippen LogP contribution in [0.1, 0.15) is 98.3 Å². The molecule has 0 saturated carbocycles. The number of aliphatic carboxylic acids is 2. The van der Waals surface area contributed by atoms with Crippen molar-refractivity contribution in [3.63, 3.8) is 0 Å². The first-order chi connectivity index (χ1) is 24.5. The molecule has 52 heavy (non-hydrogen) atoms. The predicted molar refractivity (Wildman–Crippen MR) is 200 cm³/mol. The van der Waals surface area contributed by atoms with Crippen LogP contribution in [0.2, 0.25) is 0 Å². The van der Waals surface area contributed by atoms with Gasteiger partial charge >= 0.3 is 11.9 Å². The van der Waals surface area contributed by atoms with Crippen LogP contribution in [0.5, 0.6) is 0 Å². The third-order valence-corrected chi connectivity index (χ3v) is 9.17. The first kappa shape index (κ1) is 48.5. The molecule has 0 bridgehead atoms. The van der Waals surface area contributed by atoms with Gasteiger partial charge in [-0.2, -0.15) is 11.8 Å². The van der Waals surface area contributed by atoms with Crippen LogP contribution in [0.4, 0.5) is 0 Å². The van der Waals surface area contributed by atoms with E-state index in [1.54, 1.807) is 25.6 Å². The first-order valence-corrected chi connectivity index (χ1v) is 19.5. The monoisotopic (exact) mass is 760 g/mol. The Morgan fingerprint density at radius 3 is 1.56 bits per heavy atom. The van der Waals surface area contributed by atoms with E-state index in [1.807, 2.05) is 20.1 Å². The summed E-state index contributed by atoms with van der Waals surface area (Å²) in [5.41, 5.74) is 17.4. The molecule has 13 N–H and O–H groups in total. The molecule has 0 aliphatic rings. The normalized spacial score (nSPS) is 15.2. The van der Waals surface area contributed by atoms with Crippen molar-refractivity contribution in [2.75, 3.05) is 25.1 Å². The lowest BCUT2D eigenvalue weighted by molar-refractivity contribution is -0.143. The maximum atomic E-state index is 13.8. The molecule has 300 valence electrons. The van der Waals surface area contributed by atoms with Gasteiger partial charge in [0.05, 0.1) is 6.04 Å². The number of rotatable bonds is 29. The highest BCUT2D eigenvalue weighted by atomic mass is 32.2. The highest BCUT2D eigenvalue weighted by molar-refractivity contribution is 7.98. The lowest BCUT2D eigenvalue weighted by atomic mass is 9.96. The van der Waals surface area contributed by atoms with Gasteiger partial charge < -0.3 is 54.0 Å². The van der Waals surface area contributed by atoms with Gasteiger partial charge in [-0.15, -0.1) is 0 Å². The molecule has 17 nitrogen and oxygen atoms in total. The molecule has 0 spiro atoms. The van der Waals surface area contributed by atoms with Gasteiger partial charge in [0, 0.05) is 6.42 Å². The quantitative estimate of drug-likeness (QED) is 0.0442. The van der Waals surface area contributed by atoms with Crippen molar-refractivity contribution in [2.45, 2.75) is 135 Å². The summed E-state index contributed by atoms with van der Waals surface area (Å²) in [5, 5.41) is 31.7. The van der Waals surface area contributed by atoms with E-state index in [0.717, 1.165) is 0 Å².